The van der Waals surface area contributed by atoms with E-state index in [-0.39, 0.29) is 5.91 Å². The van der Waals surface area contributed by atoms with E-state index in [9.17, 15) is 4.79 Å². The molecule has 1 amide bonds. The van der Waals surface area contributed by atoms with Gasteiger partial charge in [0.15, 0.2) is 0 Å². The van der Waals surface area contributed by atoms with E-state index in [1.165, 1.54) is 0 Å². The Labute approximate surface area is 115 Å². The largest absolute Gasteiger partial charge is 0.352 e. The second-order valence-corrected chi connectivity index (χ2v) is 4.40. The van der Waals surface area contributed by atoms with Gasteiger partial charge in [-0.1, -0.05) is 13.8 Å². The Bertz CT molecular complexity index is 374. The Morgan fingerprint density at radius 2 is 2.11 bits per heavy atom. The lowest BCUT2D eigenvalue weighted by molar-refractivity contribution is 0.0953. The number of pyridine rings is 1. The number of carbonyl (C=O) groups excluding carboxylic acids is 1. The summed E-state index contributed by atoms with van der Waals surface area (Å²) in [5.74, 6) is -0.0876. The van der Waals surface area contributed by atoms with Gasteiger partial charge in [-0.05, 0) is 38.2 Å². The summed E-state index contributed by atoms with van der Waals surface area (Å²) >= 11 is 0. The number of carbonyl (C=O) groups is 1. The van der Waals surface area contributed by atoms with Crippen molar-refractivity contribution in [2.75, 3.05) is 26.2 Å². The van der Waals surface area contributed by atoms with Crippen molar-refractivity contribution in [1.29, 1.82) is 0 Å². The molecule has 1 heterocycles. The quantitative estimate of drug-likeness (QED) is 0.687. The molecule has 3 N–H and O–H groups in total. The molecule has 0 aliphatic heterocycles. The topological polar surface area (TPSA) is 71.2 Å². The van der Waals surface area contributed by atoms with Gasteiger partial charge in [-0.2, -0.15) is 0 Å². The number of aromatic nitrogens is 1. The minimum atomic E-state index is -0.0876. The van der Waals surface area contributed by atoms with Crippen LogP contribution in [0.2, 0.25) is 0 Å². The minimum Gasteiger partial charge on any atom is -0.352 e. The summed E-state index contributed by atoms with van der Waals surface area (Å²) in [6.45, 7) is 8.27. The molecule has 0 atom stereocenters. The van der Waals surface area contributed by atoms with Crippen molar-refractivity contribution in [3.63, 3.8) is 0 Å². The Kier molecular flexibility index (Phi) is 7.07. The normalized spacial score (nSPS) is 10.7. The van der Waals surface area contributed by atoms with Gasteiger partial charge >= 0.3 is 0 Å². The van der Waals surface area contributed by atoms with Crippen LogP contribution in [0.3, 0.4) is 0 Å². The summed E-state index contributed by atoms with van der Waals surface area (Å²) in [6.07, 6.45) is 2.43. The number of nitrogens with two attached hydrogens (primary N) is 1. The third-order valence-corrected chi connectivity index (χ3v) is 3.03. The Hall–Kier alpha value is -1.46. The standard InChI is InChI=1S/C14H24N4O/c1-3-18(4-2)11-13-7-6-12(10-17-13)14(19)16-9-5-8-15/h6-7,10H,3-5,8-9,11,15H2,1-2H3,(H,16,19). The molecule has 0 saturated heterocycles. The van der Waals surface area contributed by atoms with Crippen molar-refractivity contribution in [1.82, 2.24) is 15.2 Å². The molecule has 0 radical (unpaired) electrons. The maximum atomic E-state index is 11.8. The lowest BCUT2D eigenvalue weighted by Crippen LogP contribution is -2.26. The van der Waals surface area contributed by atoms with Gasteiger partial charge in [-0.15, -0.1) is 0 Å². The zero-order valence-electron chi connectivity index (χ0n) is 11.9. The van der Waals surface area contributed by atoms with E-state index in [2.05, 4.69) is 29.0 Å². The summed E-state index contributed by atoms with van der Waals surface area (Å²) in [5.41, 5.74) is 6.96. The molecule has 5 heteroatoms. The number of amides is 1. The number of nitrogens with one attached hydrogen (secondary N) is 1. The van der Waals surface area contributed by atoms with E-state index in [1.54, 1.807) is 6.20 Å². The average molecular weight is 264 g/mol. The highest BCUT2D eigenvalue weighted by molar-refractivity contribution is 5.93. The van der Waals surface area contributed by atoms with Crippen LogP contribution >= 0.6 is 0 Å². The molecule has 0 bridgehead atoms. The molecule has 0 aliphatic carbocycles. The molecule has 0 fully saturated rings. The molecule has 19 heavy (non-hydrogen) atoms. The van der Waals surface area contributed by atoms with Crippen LogP contribution in [-0.2, 0) is 6.54 Å². The number of rotatable bonds is 8. The third kappa shape index (κ3) is 5.36. The van der Waals surface area contributed by atoms with Crippen molar-refractivity contribution >= 4 is 5.91 Å². The summed E-state index contributed by atoms with van der Waals surface area (Å²) in [4.78, 5) is 18.4. The second-order valence-electron chi connectivity index (χ2n) is 4.40. The smallest absolute Gasteiger partial charge is 0.252 e. The molecule has 0 aromatic carbocycles. The molecule has 0 saturated carbocycles. The van der Waals surface area contributed by atoms with Gasteiger partial charge in [0.25, 0.3) is 5.91 Å². The fourth-order valence-corrected chi connectivity index (χ4v) is 1.73. The van der Waals surface area contributed by atoms with Gasteiger partial charge in [-0.25, -0.2) is 0 Å². The van der Waals surface area contributed by atoms with Crippen LogP contribution in [0.25, 0.3) is 0 Å². The van der Waals surface area contributed by atoms with Crippen molar-refractivity contribution in [3.05, 3.63) is 29.6 Å². The number of hydrogen-bond acceptors (Lipinski definition) is 4. The highest BCUT2D eigenvalue weighted by Crippen LogP contribution is 2.04. The highest BCUT2D eigenvalue weighted by Gasteiger charge is 2.06. The summed E-state index contributed by atoms with van der Waals surface area (Å²) in [5, 5.41) is 2.81. The molecule has 1 rings (SSSR count). The zero-order valence-corrected chi connectivity index (χ0v) is 11.9. The Balaban J connectivity index is 2.53. The summed E-state index contributed by atoms with van der Waals surface area (Å²) in [6, 6.07) is 3.74. The molecule has 1 aromatic heterocycles. The van der Waals surface area contributed by atoms with E-state index in [0.29, 0.717) is 18.7 Å². The Morgan fingerprint density at radius 1 is 1.37 bits per heavy atom. The van der Waals surface area contributed by atoms with Gasteiger partial charge in [0, 0.05) is 19.3 Å². The fraction of sp³-hybridized carbons (Fsp3) is 0.571. The van der Waals surface area contributed by atoms with E-state index >= 15 is 0 Å². The Morgan fingerprint density at radius 3 is 2.63 bits per heavy atom. The molecule has 0 spiro atoms. The van der Waals surface area contributed by atoms with Gasteiger partial charge in [0.05, 0.1) is 11.3 Å². The lowest BCUT2D eigenvalue weighted by Gasteiger charge is -2.17. The van der Waals surface area contributed by atoms with Crippen molar-refractivity contribution in [2.45, 2.75) is 26.8 Å². The molecule has 5 nitrogen and oxygen atoms in total. The van der Waals surface area contributed by atoms with E-state index in [0.717, 1.165) is 31.7 Å². The monoisotopic (exact) mass is 264 g/mol. The first kappa shape index (κ1) is 15.6. The molecule has 0 unspecified atom stereocenters. The fourth-order valence-electron chi connectivity index (χ4n) is 1.73. The predicted octanol–water partition coefficient (Wildman–Crippen LogP) is 1.00. The van der Waals surface area contributed by atoms with Crippen LogP contribution in [0.15, 0.2) is 18.3 Å². The van der Waals surface area contributed by atoms with E-state index in [4.69, 9.17) is 5.73 Å². The van der Waals surface area contributed by atoms with Gasteiger partial charge in [0.2, 0.25) is 0 Å². The van der Waals surface area contributed by atoms with Crippen molar-refractivity contribution in [2.24, 2.45) is 5.73 Å². The lowest BCUT2D eigenvalue weighted by atomic mass is 10.2. The van der Waals surface area contributed by atoms with Crippen LogP contribution in [-0.4, -0.2) is 42.0 Å². The summed E-state index contributed by atoms with van der Waals surface area (Å²) in [7, 11) is 0. The van der Waals surface area contributed by atoms with Crippen molar-refractivity contribution < 1.29 is 4.79 Å². The van der Waals surface area contributed by atoms with Gasteiger partial charge < -0.3 is 11.1 Å². The number of nitrogens with zero attached hydrogens (tertiary/aromatic N) is 2. The SMILES string of the molecule is CCN(CC)Cc1ccc(C(=O)NCCCN)cn1. The van der Waals surface area contributed by atoms with Crippen LogP contribution in [0, 0.1) is 0 Å². The van der Waals surface area contributed by atoms with Gasteiger partial charge in [0.1, 0.15) is 0 Å². The van der Waals surface area contributed by atoms with E-state index < -0.39 is 0 Å². The first-order chi connectivity index (χ1) is 9.21. The molecular weight excluding hydrogens is 240 g/mol. The van der Waals surface area contributed by atoms with E-state index in [1.807, 2.05) is 12.1 Å². The molecule has 1 aromatic rings. The first-order valence-electron chi connectivity index (χ1n) is 6.86. The van der Waals surface area contributed by atoms with Crippen LogP contribution in [0.1, 0.15) is 36.3 Å². The van der Waals surface area contributed by atoms with Crippen LogP contribution in [0.4, 0.5) is 0 Å². The highest BCUT2D eigenvalue weighted by atomic mass is 16.1. The van der Waals surface area contributed by atoms with Crippen LogP contribution < -0.4 is 11.1 Å². The van der Waals surface area contributed by atoms with Crippen molar-refractivity contribution in [3.8, 4) is 0 Å². The maximum absolute atomic E-state index is 11.8. The molecule has 106 valence electrons. The average Bonchev–Trinajstić information content (AvgIpc) is 2.45. The second kappa shape index (κ2) is 8.61. The zero-order chi connectivity index (χ0) is 14.1. The maximum Gasteiger partial charge on any atom is 0.252 e. The van der Waals surface area contributed by atoms with Gasteiger partial charge in [-0.3, -0.25) is 14.7 Å². The third-order valence-electron chi connectivity index (χ3n) is 3.03. The summed E-state index contributed by atoms with van der Waals surface area (Å²) < 4.78 is 0. The predicted molar refractivity (Wildman–Crippen MR) is 76.9 cm³/mol. The van der Waals surface area contributed by atoms with Crippen LogP contribution in [0.5, 0.6) is 0 Å². The minimum absolute atomic E-state index is 0.0876. The molecular formula is C14H24N4O. The first-order valence-corrected chi connectivity index (χ1v) is 6.86. The molecule has 0 aliphatic rings. The number of hydrogen-bond donors (Lipinski definition) is 2.